The van der Waals surface area contributed by atoms with Gasteiger partial charge in [-0.05, 0) is 23.3 Å². The number of amides is 1. The number of aliphatic hydroxyl groups is 1. The fourth-order valence-electron chi connectivity index (χ4n) is 3.69. The van der Waals surface area contributed by atoms with Crippen LogP contribution in [-0.2, 0) is 16.1 Å². The van der Waals surface area contributed by atoms with Crippen molar-refractivity contribution in [1.29, 1.82) is 0 Å². The van der Waals surface area contributed by atoms with E-state index in [1.54, 1.807) is 12.1 Å². The summed E-state index contributed by atoms with van der Waals surface area (Å²) >= 11 is 0. The molecule has 0 saturated heterocycles. The molecule has 1 aliphatic heterocycles. The van der Waals surface area contributed by atoms with Gasteiger partial charge in [-0.1, -0.05) is 84.9 Å². The summed E-state index contributed by atoms with van der Waals surface area (Å²) in [5.74, 6) is -2.44. The van der Waals surface area contributed by atoms with Crippen molar-refractivity contribution in [3.63, 3.8) is 0 Å². The van der Waals surface area contributed by atoms with Gasteiger partial charge in [-0.3, -0.25) is 9.59 Å². The second-order valence-electron chi connectivity index (χ2n) is 7.21. The highest BCUT2D eigenvalue weighted by Crippen LogP contribution is 2.39. The van der Waals surface area contributed by atoms with Crippen LogP contribution in [0, 0.1) is 5.82 Å². The predicted molar refractivity (Wildman–Crippen MR) is 116 cm³/mol. The molecule has 1 unspecified atom stereocenters. The number of ketones is 1. The fraction of sp³-hybridized carbons (Fsp3) is 0.0769. The van der Waals surface area contributed by atoms with E-state index in [1.165, 1.54) is 29.2 Å². The molecule has 154 valence electrons. The molecular weight excluding hydrogens is 393 g/mol. The van der Waals surface area contributed by atoms with Gasteiger partial charge in [-0.25, -0.2) is 4.39 Å². The molecule has 31 heavy (non-hydrogen) atoms. The molecule has 0 aliphatic carbocycles. The second kappa shape index (κ2) is 8.79. The first kappa shape index (κ1) is 20.3. The van der Waals surface area contributed by atoms with Crippen LogP contribution in [0.4, 0.5) is 4.39 Å². The number of benzene rings is 3. The predicted octanol–water partition coefficient (Wildman–Crippen LogP) is 5.00. The lowest BCUT2D eigenvalue weighted by Gasteiger charge is -2.27. The maximum absolute atomic E-state index is 14.7. The molecule has 1 atom stereocenters. The van der Waals surface area contributed by atoms with Gasteiger partial charge in [0.15, 0.2) is 11.5 Å². The molecule has 0 spiro atoms. The van der Waals surface area contributed by atoms with Gasteiger partial charge in [0.25, 0.3) is 5.91 Å². The molecule has 1 N–H and O–H groups in total. The molecule has 0 bridgehead atoms. The van der Waals surface area contributed by atoms with Crippen LogP contribution in [-0.4, -0.2) is 21.7 Å². The molecule has 0 aromatic heterocycles. The number of rotatable bonds is 6. The Labute approximate surface area is 179 Å². The molecule has 3 aromatic carbocycles. The summed E-state index contributed by atoms with van der Waals surface area (Å²) in [6.07, 6.45) is 2.90. The molecule has 5 heteroatoms. The van der Waals surface area contributed by atoms with Crippen LogP contribution in [0.3, 0.4) is 0 Å². The van der Waals surface area contributed by atoms with E-state index >= 15 is 0 Å². The fourth-order valence-corrected chi connectivity index (χ4v) is 3.69. The van der Waals surface area contributed by atoms with E-state index in [0.29, 0.717) is 0 Å². The molecule has 1 aliphatic rings. The van der Waals surface area contributed by atoms with Gasteiger partial charge in [0.05, 0.1) is 11.6 Å². The van der Waals surface area contributed by atoms with E-state index in [4.69, 9.17) is 0 Å². The van der Waals surface area contributed by atoms with Gasteiger partial charge in [-0.2, -0.15) is 0 Å². The molecule has 0 radical (unpaired) electrons. The highest BCUT2D eigenvalue weighted by atomic mass is 19.1. The van der Waals surface area contributed by atoms with Crippen LogP contribution in [0.5, 0.6) is 0 Å². The third kappa shape index (κ3) is 4.16. The number of halogens is 1. The number of carbonyl (C=O) groups is 2. The van der Waals surface area contributed by atoms with Crippen molar-refractivity contribution in [3.05, 3.63) is 125 Å². The number of carbonyl (C=O) groups excluding carboxylic acids is 2. The minimum atomic E-state index is -1.03. The third-order valence-corrected chi connectivity index (χ3v) is 5.19. The van der Waals surface area contributed by atoms with Gasteiger partial charge in [0.1, 0.15) is 5.82 Å². The first-order valence-electron chi connectivity index (χ1n) is 9.86. The smallest absolute Gasteiger partial charge is 0.290 e. The van der Waals surface area contributed by atoms with Crippen molar-refractivity contribution >= 4 is 17.8 Å². The summed E-state index contributed by atoms with van der Waals surface area (Å²) in [6, 6.07) is 23.3. The molecular formula is C26H20FNO3. The Hall–Kier alpha value is -3.99. The first-order chi connectivity index (χ1) is 15.1. The monoisotopic (exact) mass is 413 g/mol. The van der Waals surface area contributed by atoms with Crippen LogP contribution < -0.4 is 0 Å². The summed E-state index contributed by atoms with van der Waals surface area (Å²) in [4.78, 5) is 27.3. The summed E-state index contributed by atoms with van der Waals surface area (Å²) in [7, 11) is 0. The van der Waals surface area contributed by atoms with E-state index in [9.17, 15) is 19.1 Å². The van der Waals surface area contributed by atoms with Crippen LogP contribution >= 0.6 is 0 Å². The number of hydrogen-bond acceptors (Lipinski definition) is 3. The van der Waals surface area contributed by atoms with Gasteiger partial charge in [-0.15, -0.1) is 0 Å². The standard InChI is InChI=1S/C26H20FNO3/c27-21-14-8-7-13-20(21)24-23(22(29)16-15-18-9-3-1-4-10-18)25(30)26(31)28(24)17-19-11-5-2-6-12-19/h1-16,24,30H,17H2/b16-15+. The Morgan fingerprint density at radius 2 is 1.55 bits per heavy atom. The SMILES string of the molecule is O=C(/C=C/c1ccccc1)C1=C(O)C(=O)N(Cc2ccccc2)C1c1ccccc1F. The van der Waals surface area contributed by atoms with Gasteiger partial charge < -0.3 is 10.0 Å². The lowest BCUT2D eigenvalue weighted by molar-refractivity contribution is -0.130. The molecule has 1 amide bonds. The second-order valence-corrected chi connectivity index (χ2v) is 7.21. The van der Waals surface area contributed by atoms with Crippen molar-refractivity contribution in [1.82, 2.24) is 4.90 Å². The van der Waals surface area contributed by atoms with E-state index in [-0.39, 0.29) is 17.7 Å². The quantitative estimate of drug-likeness (QED) is 0.579. The molecule has 0 fully saturated rings. The molecule has 1 heterocycles. The zero-order chi connectivity index (χ0) is 21.8. The zero-order valence-corrected chi connectivity index (χ0v) is 16.6. The van der Waals surface area contributed by atoms with Crippen LogP contribution in [0.2, 0.25) is 0 Å². The molecule has 3 aromatic rings. The summed E-state index contributed by atoms with van der Waals surface area (Å²) in [6.45, 7) is 0.127. The Bertz CT molecular complexity index is 1170. The van der Waals surface area contributed by atoms with Gasteiger partial charge in [0.2, 0.25) is 0 Å². The Balaban J connectivity index is 1.74. The largest absolute Gasteiger partial charge is 0.503 e. The van der Waals surface area contributed by atoms with E-state index in [2.05, 4.69) is 0 Å². The Kier molecular flexibility index (Phi) is 5.76. The minimum absolute atomic E-state index is 0.127. The highest BCUT2D eigenvalue weighted by molar-refractivity contribution is 6.14. The minimum Gasteiger partial charge on any atom is -0.503 e. The average molecular weight is 413 g/mol. The lowest BCUT2D eigenvalue weighted by Crippen LogP contribution is -2.31. The average Bonchev–Trinajstić information content (AvgIpc) is 3.04. The topological polar surface area (TPSA) is 57.6 Å². The van der Waals surface area contributed by atoms with Gasteiger partial charge in [0, 0.05) is 12.1 Å². The Morgan fingerprint density at radius 1 is 0.935 bits per heavy atom. The zero-order valence-electron chi connectivity index (χ0n) is 16.6. The van der Waals surface area contributed by atoms with E-state index in [1.807, 2.05) is 60.7 Å². The first-order valence-corrected chi connectivity index (χ1v) is 9.86. The maximum atomic E-state index is 14.7. The number of hydrogen-bond donors (Lipinski definition) is 1. The maximum Gasteiger partial charge on any atom is 0.290 e. The molecule has 0 saturated carbocycles. The Morgan fingerprint density at radius 3 is 2.23 bits per heavy atom. The molecule has 4 rings (SSSR count). The van der Waals surface area contributed by atoms with Gasteiger partial charge >= 0.3 is 0 Å². The lowest BCUT2D eigenvalue weighted by atomic mass is 9.95. The summed E-state index contributed by atoms with van der Waals surface area (Å²) in [5.41, 5.74) is 1.63. The van der Waals surface area contributed by atoms with Crippen LogP contribution in [0.25, 0.3) is 6.08 Å². The van der Waals surface area contributed by atoms with Crippen molar-refractivity contribution in [2.75, 3.05) is 0 Å². The van der Waals surface area contributed by atoms with E-state index in [0.717, 1.165) is 11.1 Å². The highest BCUT2D eigenvalue weighted by Gasteiger charge is 2.43. The number of allylic oxidation sites excluding steroid dienone is 1. The summed E-state index contributed by atoms with van der Waals surface area (Å²) in [5, 5.41) is 10.6. The van der Waals surface area contributed by atoms with Crippen LogP contribution in [0.15, 0.2) is 102 Å². The number of nitrogens with zero attached hydrogens (tertiary/aromatic N) is 1. The third-order valence-electron chi connectivity index (χ3n) is 5.19. The molecule has 4 nitrogen and oxygen atoms in total. The van der Waals surface area contributed by atoms with Crippen molar-refractivity contribution in [2.45, 2.75) is 12.6 Å². The number of aliphatic hydroxyl groups excluding tert-OH is 1. The summed E-state index contributed by atoms with van der Waals surface area (Å²) < 4.78 is 14.7. The van der Waals surface area contributed by atoms with Crippen molar-refractivity contribution in [2.24, 2.45) is 0 Å². The van der Waals surface area contributed by atoms with E-state index < -0.39 is 29.3 Å². The normalized spacial score (nSPS) is 16.4. The van der Waals surface area contributed by atoms with Crippen molar-refractivity contribution in [3.8, 4) is 0 Å². The van der Waals surface area contributed by atoms with Crippen LogP contribution in [0.1, 0.15) is 22.7 Å². The van der Waals surface area contributed by atoms with Crippen molar-refractivity contribution < 1.29 is 19.1 Å².